The number of hydrogen-bond donors (Lipinski definition) is 4. The Kier molecular flexibility index (Phi) is 10.5. The van der Waals surface area contributed by atoms with E-state index in [2.05, 4.69) is 20.8 Å². The highest BCUT2D eigenvalue weighted by molar-refractivity contribution is 4.93. The average Bonchev–Trinajstić information content (AvgIpc) is 2.84. The number of rotatable bonds is 5. The minimum absolute atomic E-state index is 0.145. The Morgan fingerprint density at radius 1 is 1.19 bits per heavy atom. The first-order chi connectivity index (χ1) is 12.3. The third kappa shape index (κ3) is 7.06. The number of hydrazine groups is 1. The lowest BCUT2D eigenvalue weighted by atomic mass is 9.63. The molecule has 6 heteroatoms. The van der Waals surface area contributed by atoms with E-state index in [1.54, 1.807) is 0 Å². The fourth-order valence-corrected chi connectivity index (χ4v) is 4.34. The van der Waals surface area contributed by atoms with Crippen LogP contribution in [0.15, 0.2) is 11.9 Å². The minimum atomic E-state index is -0.145. The second-order valence-electron chi connectivity index (χ2n) is 8.12. The highest BCUT2D eigenvalue weighted by Gasteiger charge is 2.40. The fourth-order valence-electron chi connectivity index (χ4n) is 4.34. The molecule has 2 aliphatic rings. The van der Waals surface area contributed by atoms with Crippen molar-refractivity contribution in [1.29, 1.82) is 0 Å². The molecule has 5 unspecified atom stereocenters. The molecule has 2 fully saturated rings. The first kappa shape index (κ1) is 23.2. The zero-order valence-electron chi connectivity index (χ0n) is 17.1. The Morgan fingerprint density at radius 3 is 2.46 bits per heavy atom. The van der Waals surface area contributed by atoms with E-state index in [9.17, 15) is 5.11 Å². The Hall–Kier alpha value is -0.820. The zero-order valence-corrected chi connectivity index (χ0v) is 17.1. The molecule has 0 spiro atoms. The summed E-state index contributed by atoms with van der Waals surface area (Å²) in [7, 11) is 0. The number of nitrogens with two attached hydrogens (primary N) is 2. The van der Waals surface area contributed by atoms with Gasteiger partial charge in [-0.15, -0.1) is 0 Å². The van der Waals surface area contributed by atoms with Crippen molar-refractivity contribution < 1.29 is 14.9 Å². The van der Waals surface area contributed by atoms with Crippen LogP contribution in [0.2, 0.25) is 0 Å². The van der Waals surface area contributed by atoms with Crippen molar-refractivity contribution >= 4 is 0 Å². The van der Waals surface area contributed by atoms with Gasteiger partial charge >= 0.3 is 0 Å². The van der Waals surface area contributed by atoms with Crippen molar-refractivity contribution in [3.05, 3.63) is 11.9 Å². The zero-order chi connectivity index (χ0) is 19.7. The summed E-state index contributed by atoms with van der Waals surface area (Å²) in [5, 5.41) is 19.2. The molecule has 26 heavy (non-hydrogen) atoms. The number of hydrogen-bond acceptors (Lipinski definition) is 6. The molecule has 0 bridgehead atoms. The van der Waals surface area contributed by atoms with E-state index in [1.807, 2.05) is 6.92 Å². The topological polar surface area (TPSA) is 105 Å². The molecule has 154 valence electrons. The van der Waals surface area contributed by atoms with E-state index in [0.717, 1.165) is 18.4 Å². The molecule has 1 saturated heterocycles. The summed E-state index contributed by atoms with van der Waals surface area (Å²) in [6.45, 7) is 10.5. The van der Waals surface area contributed by atoms with Gasteiger partial charge in [-0.05, 0) is 62.7 Å². The normalized spacial score (nSPS) is 33.3. The van der Waals surface area contributed by atoms with Crippen molar-refractivity contribution in [2.75, 3.05) is 26.4 Å². The summed E-state index contributed by atoms with van der Waals surface area (Å²) >= 11 is 0. The van der Waals surface area contributed by atoms with Crippen LogP contribution >= 0.6 is 0 Å². The highest BCUT2D eigenvalue weighted by atomic mass is 16.5. The van der Waals surface area contributed by atoms with Gasteiger partial charge < -0.3 is 25.7 Å². The van der Waals surface area contributed by atoms with Crippen molar-refractivity contribution in [3.63, 3.8) is 0 Å². The molecule has 0 amide bonds. The van der Waals surface area contributed by atoms with E-state index in [1.165, 1.54) is 36.9 Å². The van der Waals surface area contributed by atoms with Crippen LogP contribution in [0.3, 0.4) is 0 Å². The summed E-state index contributed by atoms with van der Waals surface area (Å²) in [6, 6.07) is 0. The quantitative estimate of drug-likeness (QED) is 0.435. The lowest BCUT2D eigenvalue weighted by Crippen LogP contribution is -2.39. The summed E-state index contributed by atoms with van der Waals surface area (Å²) in [5.41, 5.74) is 5.61. The Morgan fingerprint density at radius 2 is 1.88 bits per heavy atom. The SMILES string of the molecule is CC1CCC2C(CO1)C(C(C)CO)CC[C@H]2C.CCN(N)/C=C(\N)CO. The van der Waals surface area contributed by atoms with E-state index in [-0.39, 0.29) is 6.61 Å². The number of nitrogens with zero attached hydrogens (tertiary/aromatic N) is 1. The van der Waals surface area contributed by atoms with Crippen molar-refractivity contribution in [2.24, 2.45) is 41.2 Å². The van der Waals surface area contributed by atoms with E-state index in [0.29, 0.717) is 42.7 Å². The number of aliphatic hydroxyl groups excluding tert-OH is 2. The molecular formula is C20H41N3O3. The van der Waals surface area contributed by atoms with Gasteiger partial charge in [-0.2, -0.15) is 0 Å². The lowest BCUT2D eigenvalue weighted by molar-refractivity contribution is -0.0162. The largest absolute Gasteiger partial charge is 0.399 e. The summed E-state index contributed by atoms with van der Waals surface area (Å²) in [5.74, 6) is 8.78. The summed E-state index contributed by atoms with van der Waals surface area (Å²) in [6.07, 6.45) is 7.08. The maximum Gasteiger partial charge on any atom is 0.0840 e. The van der Waals surface area contributed by atoms with Gasteiger partial charge in [-0.3, -0.25) is 0 Å². The van der Waals surface area contributed by atoms with E-state index in [4.69, 9.17) is 21.4 Å². The molecule has 1 aliphatic carbocycles. The molecule has 6 atom stereocenters. The van der Waals surface area contributed by atoms with Crippen molar-refractivity contribution in [3.8, 4) is 0 Å². The Labute approximate surface area is 159 Å². The number of aliphatic hydroxyl groups is 2. The minimum Gasteiger partial charge on any atom is -0.399 e. The third-order valence-corrected chi connectivity index (χ3v) is 6.16. The van der Waals surface area contributed by atoms with Gasteiger partial charge in [0.2, 0.25) is 0 Å². The van der Waals surface area contributed by atoms with Crippen LogP contribution in [0, 0.1) is 29.6 Å². The van der Waals surface area contributed by atoms with Crippen LogP contribution in [-0.2, 0) is 4.74 Å². The predicted octanol–water partition coefficient (Wildman–Crippen LogP) is 2.07. The van der Waals surface area contributed by atoms with Gasteiger partial charge in [-0.1, -0.05) is 20.3 Å². The standard InChI is InChI=1S/C15H28O2.C5H13N3O/c1-10-4-6-14(11(2)8-16)15-9-17-12(3)5-7-13(10)15;1-2-8(7)3-5(6)4-9/h10-16H,4-9H2,1-3H3;3,9H,2,4,6-7H2,1H3/b;5-3-/t10-,11?,12?,13?,14?,15?;/m1./s1. The maximum absolute atomic E-state index is 9.42. The van der Waals surface area contributed by atoms with E-state index >= 15 is 0 Å². The molecule has 0 radical (unpaired) electrons. The molecule has 1 heterocycles. The smallest absolute Gasteiger partial charge is 0.0840 e. The van der Waals surface area contributed by atoms with Crippen molar-refractivity contribution in [1.82, 2.24) is 5.01 Å². The molecule has 1 aliphatic heterocycles. The molecular weight excluding hydrogens is 330 g/mol. The molecule has 6 nitrogen and oxygen atoms in total. The molecule has 0 aromatic heterocycles. The van der Waals surface area contributed by atoms with Crippen LogP contribution in [-0.4, -0.2) is 47.7 Å². The number of ether oxygens (including phenoxy) is 1. The first-order valence-corrected chi connectivity index (χ1v) is 10.1. The molecule has 0 aromatic carbocycles. The summed E-state index contributed by atoms with van der Waals surface area (Å²) < 4.78 is 5.96. The second kappa shape index (κ2) is 11.8. The van der Waals surface area contributed by atoms with Gasteiger partial charge in [0.05, 0.1) is 25.0 Å². The van der Waals surface area contributed by atoms with Gasteiger partial charge in [0, 0.05) is 19.4 Å². The third-order valence-electron chi connectivity index (χ3n) is 6.16. The second-order valence-corrected chi connectivity index (χ2v) is 8.12. The van der Waals surface area contributed by atoms with Gasteiger partial charge in [0.25, 0.3) is 0 Å². The Balaban J connectivity index is 0.000000321. The fraction of sp³-hybridized carbons (Fsp3) is 0.900. The van der Waals surface area contributed by atoms with Crippen LogP contribution in [0.5, 0.6) is 0 Å². The van der Waals surface area contributed by atoms with E-state index < -0.39 is 0 Å². The molecule has 0 aromatic rings. The van der Waals surface area contributed by atoms with Gasteiger partial charge in [-0.25, -0.2) is 5.84 Å². The molecule has 2 rings (SSSR count). The predicted molar refractivity (Wildman–Crippen MR) is 106 cm³/mol. The monoisotopic (exact) mass is 371 g/mol. The Bertz CT molecular complexity index is 413. The van der Waals surface area contributed by atoms with Crippen LogP contribution in [0.1, 0.15) is 53.4 Å². The molecule has 6 N–H and O–H groups in total. The highest BCUT2D eigenvalue weighted by Crippen LogP contribution is 2.45. The summed E-state index contributed by atoms with van der Waals surface area (Å²) in [4.78, 5) is 0. The van der Waals surface area contributed by atoms with Crippen LogP contribution < -0.4 is 11.6 Å². The molecule has 1 saturated carbocycles. The maximum atomic E-state index is 9.42. The van der Waals surface area contributed by atoms with Crippen molar-refractivity contribution in [2.45, 2.75) is 59.5 Å². The van der Waals surface area contributed by atoms with Crippen LogP contribution in [0.4, 0.5) is 0 Å². The van der Waals surface area contributed by atoms with Gasteiger partial charge in [0.1, 0.15) is 0 Å². The lowest BCUT2D eigenvalue weighted by Gasteiger charge is -2.43. The first-order valence-electron chi connectivity index (χ1n) is 10.1. The van der Waals surface area contributed by atoms with Gasteiger partial charge in [0.15, 0.2) is 0 Å². The average molecular weight is 372 g/mol. The van der Waals surface area contributed by atoms with Crippen LogP contribution in [0.25, 0.3) is 0 Å². The number of fused-ring (bicyclic) bond motifs is 1.